The van der Waals surface area contributed by atoms with Gasteiger partial charge in [-0.15, -0.1) is 0 Å². The number of hydrogen-bond acceptors (Lipinski definition) is 1. The predicted octanol–water partition coefficient (Wildman–Crippen LogP) is 3.70. The van der Waals surface area contributed by atoms with E-state index in [0.29, 0.717) is 0 Å². The molecule has 0 aliphatic heterocycles. The quantitative estimate of drug-likeness (QED) is 0.470. The molecule has 0 aliphatic carbocycles. The minimum Gasteiger partial charge on any atom is -1.00 e. The Labute approximate surface area is 170 Å². The van der Waals surface area contributed by atoms with Crippen LogP contribution in [0.1, 0.15) is 79.1 Å². The molecule has 1 aromatic carbocycles. The van der Waals surface area contributed by atoms with Crippen LogP contribution in [0.4, 0.5) is 0 Å². The molecule has 0 atom stereocenters. The van der Waals surface area contributed by atoms with Crippen LogP contribution in [0.5, 0.6) is 5.75 Å². The Morgan fingerprint density at radius 2 is 1.00 bits per heavy atom. The van der Waals surface area contributed by atoms with Crippen LogP contribution in [0.25, 0.3) is 0 Å². The zero-order valence-corrected chi connectivity index (χ0v) is 18.9. The predicted molar refractivity (Wildman–Crippen MR) is 112 cm³/mol. The molecule has 0 saturated heterocycles. The Morgan fingerprint density at radius 3 is 1.23 bits per heavy atom. The largest absolute Gasteiger partial charge is 1.00 e. The van der Waals surface area contributed by atoms with E-state index in [4.69, 9.17) is 4.74 Å². The maximum absolute atomic E-state index is 4.91. The number of benzene rings is 1. The lowest BCUT2D eigenvalue weighted by Crippen LogP contribution is -3.00. The van der Waals surface area contributed by atoms with Gasteiger partial charge in [0.2, 0.25) is 0 Å². The Kier molecular flexibility index (Phi) is 20.1. The van der Waals surface area contributed by atoms with Crippen LogP contribution < -0.4 is 17.1 Å². The van der Waals surface area contributed by atoms with Crippen molar-refractivity contribution in [2.75, 3.05) is 33.3 Å². The summed E-state index contributed by atoms with van der Waals surface area (Å²) >= 11 is 0. The molecule has 154 valence electrons. The fourth-order valence-corrected chi connectivity index (χ4v) is 3.20. The third kappa shape index (κ3) is 13.5. The highest BCUT2D eigenvalue weighted by Crippen LogP contribution is 2.16. The van der Waals surface area contributed by atoms with Crippen molar-refractivity contribution in [2.45, 2.75) is 79.1 Å². The molecule has 26 heavy (non-hydrogen) atoms. The minimum absolute atomic E-state index is 0. The maximum atomic E-state index is 4.91. The van der Waals surface area contributed by atoms with Gasteiger partial charge in [-0.2, -0.15) is 0 Å². The van der Waals surface area contributed by atoms with E-state index < -0.39 is 0 Å². The fourth-order valence-electron chi connectivity index (χ4n) is 3.20. The average molecular weight is 386 g/mol. The van der Waals surface area contributed by atoms with Crippen LogP contribution >= 0.6 is 0 Å². The standard InChI is InChI=1S/C16H36N.C7H8O.ClH/c1-5-9-13-17(14-10-6-2,15-11-7-3)16-12-8-4;1-8-7-5-3-2-4-6-7;/h5-16H2,1-4H3;2-6H,1H3;1H/q+1;;/p-1. The Morgan fingerprint density at radius 1 is 0.654 bits per heavy atom. The molecule has 0 saturated carbocycles. The highest BCUT2D eigenvalue weighted by atomic mass is 35.5. The van der Waals surface area contributed by atoms with Crippen LogP contribution in [0.2, 0.25) is 0 Å². The lowest BCUT2D eigenvalue weighted by molar-refractivity contribution is -0.929. The van der Waals surface area contributed by atoms with Crippen molar-refractivity contribution in [2.24, 2.45) is 0 Å². The van der Waals surface area contributed by atoms with Gasteiger partial charge in [-0.25, -0.2) is 0 Å². The van der Waals surface area contributed by atoms with Gasteiger partial charge >= 0.3 is 0 Å². The first-order chi connectivity index (χ1) is 12.2. The number of para-hydroxylation sites is 1. The van der Waals surface area contributed by atoms with Crippen LogP contribution in [-0.4, -0.2) is 37.8 Å². The number of unbranched alkanes of at least 4 members (excludes halogenated alkanes) is 4. The van der Waals surface area contributed by atoms with E-state index >= 15 is 0 Å². The SMILES string of the molecule is CCCC[N+](CCCC)(CCCC)CCCC.COc1ccccc1.[Cl-]. The van der Waals surface area contributed by atoms with E-state index in [1.807, 2.05) is 30.3 Å². The van der Waals surface area contributed by atoms with Crippen molar-refractivity contribution in [3.8, 4) is 5.75 Å². The number of ether oxygens (including phenoxy) is 1. The molecule has 1 rings (SSSR count). The molecule has 0 aliphatic rings. The van der Waals surface area contributed by atoms with Gasteiger partial charge in [0.15, 0.2) is 0 Å². The number of methoxy groups -OCH3 is 1. The molecule has 0 heterocycles. The molecule has 0 radical (unpaired) electrons. The van der Waals surface area contributed by atoms with Crippen LogP contribution in [0.15, 0.2) is 30.3 Å². The lowest BCUT2D eigenvalue weighted by Gasteiger charge is -2.39. The van der Waals surface area contributed by atoms with E-state index in [1.165, 1.54) is 82.0 Å². The van der Waals surface area contributed by atoms with Crippen LogP contribution in [-0.2, 0) is 0 Å². The van der Waals surface area contributed by atoms with Crippen molar-refractivity contribution >= 4 is 0 Å². The second kappa shape index (κ2) is 19.0. The number of quaternary nitrogens is 1. The number of halogens is 1. The zero-order chi connectivity index (χ0) is 18.8. The third-order valence-electron chi connectivity index (χ3n) is 4.92. The number of nitrogens with zero attached hydrogens (tertiary/aromatic N) is 1. The second-order valence-electron chi connectivity index (χ2n) is 7.17. The first-order valence-electron chi connectivity index (χ1n) is 10.6. The summed E-state index contributed by atoms with van der Waals surface area (Å²) in [7, 11) is 1.66. The Hall–Kier alpha value is -0.730. The molecular formula is C23H44ClNO. The molecule has 2 nitrogen and oxygen atoms in total. The molecule has 0 unspecified atom stereocenters. The normalized spacial score (nSPS) is 10.5. The van der Waals surface area contributed by atoms with E-state index in [-0.39, 0.29) is 12.4 Å². The lowest BCUT2D eigenvalue weighted by atomic mass is 10.1. The van der Waals surface area contributed by atoms with Gasteiger partial charge in [0, 0.05) is 0 Å². The maximum Gasteiger partial charge on any atom is 0.118 e. The summed E-state index contributed by atoms with van der Waals surface area (Å²) in [6.07, 6.45) is 11.1. The topological polar surface area (TPSA) is 9.23 Å². The van der Waals surface area contributed by atoms with E-state index in [2.05, 4.69) is 27.7 Å². The van der Waals surface area contributed by atoms with Gasteiger partial charge in [-0.3, -0.25) is 0 Å². The van der Waals surface area contributed by atoms with Crippen molar-refractivity contribution in [1.29, 1.82) is 0 Å². The highest BCUT2D eigenvalue weighted by Gasteiger charge is 2.24. The van der Waals surface area contributed by atoms with Gasteiger partial charge in [0.1, 0.15) is 5.75 Å². The monoisotopic (exact) mass is 385 g/mol. The summed E-state index contributed by atoms with van der Waals surface area (Å²) in [6.45, 7) is 15.0. The Balaban J connectivity index is 0. The molecule has 0 amide bonds. The summed E-state index contributed by atoms with van der Waals surface area (Å²) in [5.41, 5.74) is 0. The van der Waals surface area contributed by atoms with Gasteiger partial charge in [0.25, 0.3) is 0 Å². The number of rotatable bonds is 13. The second-order valence-corrected chi connectivity index (χ2v) is 7.17. The fraction of sp³-hybridized carbons (Fsp3) is 0.739. The molecule has 0 spiro atoms. The zero-order valence-electron chi connectivity index (χ0n) is 18.1. The van der Waals surface area contributed by atoms with Crippen molar-refractivity contribution in [3.05, 3.63) is 30.3 Å². The van der Waals surface area contributed by atoms with E-state index in [9.17, 15) is 0 Å². The summed E-state index contributed by atoms with van der Waals surface area (Å²) in [4.78, 5) is 0. The smallest absolute Gasteiger partial charge is 0.118 e. The molecule has 0 fully saturated rings. The van der Waals surface area contributed by atoms with Crippen LogP contribution in [0, 0.1) is 0 Å². The van der Waals surface area contributed by atoms with Crippen LogP contribution in [0.3, 0.4) is 0 Å². The summed E-state index contributed by atoms with van der Waals surface area (Å²) in [6, 6.07) is 9.68. The van der Waals surface area contributed by atoms with Gasteiger partial charge in [-0.1, -0.05) is 71.6 Å². The van der Waals surface area contributed by atoms with Crippen molar-refractivity contribution in [1.82, 2.24) is 0 Å². The molecule has 1 aromatic rings. The molecule has 0 bridgehead atoms. The minimum atomic E-state index is 0. The average Bonchev–Trinajstić information content (AvgIpc) is 2.68. The summed E-state index contributed by atoms with van der Waals surface area (Å²) in [5.74, 6) is 0.910. The number of hydrogen-bond donors (Lipinski definition) is 0. The third-order valence-corrected chi connectivity index (χ3v) is 4.92. The van der Waals surface area contributed by atoms with Gasteiger partial charge in [0.05, 0.1) is 33.3 Å². The molecule has 0 N–H and O–H groups in total. The van der Waals surface area contributed by atoms with Crippen molar-refractivity contribution < 1.29 is 21.6 Å². The van der Waals surface area contributed by atoms with Crippen molar-refractivity contribution in [3.63, 3.8) is 0 Å². The van der Waals surface area contributed by atoms with Gasteiger partial charge in [-0.05, 0) is 37.8 Å². The first kappa shape index (κ1) is 27.5. The Bertz CT molecular complexity index is 346. The summed E-state index contributed by atoms with van der Waals surface area (Å²) in [5, 5.41) is 0. The van der Waals surface area contributed by atoms with Gasteiger partial charge < -0.3 is 21.6 Å². The molecule has 3 heteroatoms. The molecule has 0 aromatic heterocycles. The van der Waals surface area contributed by atoms with E-state index in [0.717, 1.165) is 5.75 Å². The molecular weight excluding hydrogens is 342 g/mol. The first-order valence-corrected chi connectivity index (χ1v) is 10.6. The highest BCUT2D eigenvalue weighted by molar-refractivity contribution is 5.20. The van der Waals surface area contributed by atoms with E-state index in [1.54, 1.807) is 7.11 Å². The summed E-state index contributed by atoms with van der Waals surface area (Å²) < 4.78 is 6.33.